The highest BCUT2D eigenvalue weighted by Crippen LogP contribution is 2.22. The Bertz CT molecular complexity index is 555. The third kappa shape index (κ3) is 2.60. The zero-order valence-electron chi connectivity index (χ0n) is 10.6. The number of nitrogens with zero attached hydrogens (tertiary/aromatic N) is 1. The molecule has 0 saturated heterocycles. The number of ether oxygens (including phenoxy) is 1. The molecule has 0 aromatic heterocycles. The van der Waals surface area contributed by atoms with Crippen LogP contribution >= 0.6 is 0 Å². The first-order chi connectivity index (χ1) is 9.33. The third-order valence-electron chi connectivity index (χ3n) is 3.30. The number of benzene rings is 2. The van der Waals surface area contributed by atoms with E-state index in [1.807, 2.05) is 42.5 Å². The Morgan fingerprint density at radius 3 is 2.16 bits per heavy atom. The molecule has 0 N–H and O–H groups in total. The third-order valence-corrected chi connectivity index (χ3v) is 3.30. The van der Waals surface area contributed by atoms with E-state index >= 15 is 0 Å². The zero-order chi connectivity index (χ0) is 13.1. The molecule has 1 aliphatic rings. The summed E-state index contributed by atoms with van der Waals surface area (Å²) in [6, 6.07) is 17.8. The second-order valence-corrected chi connectivity index (χ2v) is 4.66. The lowest BCUT2D eigenvalue weighted by Gasteiger charge is -2.15. The van der Waals surface area contributed by atoms with Crippen LogP contribution in [0.25, 0.3) is 0 Å². The molecule has 0 unspecified atom stereocenters. The van der Waals surface area contributed by atoms with Gasteiger partial charge < -0.3 is 4.74 Å². The number of carbonyl (C=O) groups is 1. The molecule has 96 valence electrons. The minimum Gasteiger partial charge on any atom is -0.445 e. The van der Waals surface area contributed by atoms with Crippen LogP contribution in [0.2, 0.25) is 0 Å². The van der Waals surface area contributed by atoms with Crippen LogP contribution < -0.4 is 0 Å². The fourth-order valence-corrected chi connectivity index (χ4v) is 2.27. The summed E-state index contributed by atoms with van der Waals surface area (Å²) in [6.45, 7) is 1.61. The van der Waals surface area contributed by atoms with Gasteiger partial charge in [0.1, 0.15) is 6.61 Å². The lowest BCUT2D eigenvalue weighted by atomic mass is 10.1. The van der Waals surface area contributed by atoms with Crippen LogP contribution in [0.5, 0.6) is 0 Å². The van der Waals surface area contributed by atoms with Gasteiger partial charge in [0.05, 0.1) is 0 Å². The van der Waals surface area contributed by atoms with Crippen LogP contribution in [0, 0.1) is 0 Å². The summed E-state index contributed by atoms with van der Waals surface area (Å²) in [4.78, 5) is 13.7. The predicted molar refractivity (Wildman–Crippen MR) is 72.3 cm³/mol. The first kappa shape index (κ1) is 11.8. The van der Waals surface area contributed by atoms with E-state index in [1.165, 1.54) is 11.1 Å². The SMILES string of the molecule is O=C(OCc1ccccc1)N1Cc2ccccc2C1. The van der Waals surface area contributed by atoms with E-state index in [0.717, 1.165) is 5.56 Å². The van der Waals surface area contributed by atoms with E-state index in [-0.39, 0.29) is 6.09 Å². The molecule has 0 saturated carbocycles. The minimum absolute atomic E-state index is 0.250. The average molecular weight is 253 g/mol. The number of hydrogen-bond acceptors (Lipinski definition) is 2. The molecule has 0 spiro atoms. The molecule has 0 bridgehead atoms. The van der Waals surface area contributed by atoms with Crippen LogP contribution in [0.4, 0.5) is 4.79 Å². The normalized spacial score (nSPS) is 13.2. The summed E-state index contributed by atoms with van der Waals surface area (Å²) in [7, 11) is 0. The van der Waals surface area contributed by atoms with Crippen molar-refractivity contribution in [3.05, 3.63) is 71.3 Å². The topological polar surface area (TPSA) is 29.5 Å². The van der Waals surface area contributed by atoms with Gasteiger partial charge in [-0.3, -0.25) is 4.90 Å². The van der Waals surface area contributed by atoms with Crippen LogP contribution in [0.3, 0.4) is 0 Å². The van der Waals surface area contributed by atoms with E-state index in [4.69, 9.17) is 4.74 Å². The van der Waals surface area contributed by atoms with Gasteiger partial charge in [-0.1, -0.05) is 54.6 Å². The highest BCUT2D eigenvalue weighted by Gasteiger charge is 2.23. The van der Waals surface area contributed by atoms with Crippen LogP contribution in [0.15, 0.2) is 54.6 Å². The van der Waals surface area contributed by atoms with Gasteiger partial charge in [-0.15, -0.1) is 0 Å². The van der Waals surface area contributed by atoms with Gasteiger partial charge in [0.15, 0.2) is 0 Å². The summed E-state index contributed by atoms with van der Waals surface area (Å²) in [6.07, 6.45) is -0.250. The molecule has 2 aromatic rings. The molecule has 3 nitrogen and oxygen atoms in total. The molecule has 3 rings (SSSR count). The first-order valence-electron chi connectivity index (χ1n) is 6.35. The molecule has 1 aliphatic heterocycles. The molecule has 1 amide bonds. The van der Waals surface area contributed by atoms with E-state index in [1.54, 1.807) is 4.90 Å². The molecule has 0 radical (unpaired) electrons. The lowest BCUT2D eigenvalue weighted by molar-refractivity contribution is 0.0955. The van der Waals surface area contributed by atoms with Crippen molar-refractivity contribution in [2.24, 2.45) is 0 Å². The van der Waals surface area contributed by atoms with Gasteiger partial charge in [0.25, 0.3) is 0 Å². The molecule has 0 atom stereocenters. The molecule has 0 fully saturated rings. The van der Waals surface area contributed by atoms with Crippen LogP contribution in [0.1, 0.15) is 16.7 Å². The monoisotopic (exact) mass is 253 g/mol. The maximum Gasteiger partial charge on any atom is 0.410 e. The maximum absolute atomic E-state index is 12.0. The van der Waals surface area contributed by atoms with Gasteiger partial charge in [0, 0.05) is 13.1 Å². The van der Waals surface area contributed by atoms with Crippen LogP contribution in [-0.4, -0.2) is 11.0 Å². The molecular formula is C16H15NO2. The van der Waals surface area contributed by atoms with Crippen molar-refractivity contribution in [3.63, 3.8) is 0 Å². The molecule has 19 heavy (non-hydrogen) atoms. The molecule has 2 aromatic carbocycles. The highest BCUT2D eigenvalue weighted by atomic mass is 16.6. The van der Waals surface area contributed by atoms with Crippen molar-refractivity contribution < 1.29 is 9.53 Å². The number of carbonyl (C=O) groups excluding carboxylic acids is 1. The average Bonchev–Trinajstić information content (AvgIpc) is 2.90. The summed E-state index contributed by atoms with van der Waals surface area (Å²) in [5.41, 5.74) is 3.42. The lowest BCUT2D eigenvalue weighted by Crippen LogP contribution is -2.25. The van der Waals surface area contributed by atoms with Gasteiger partial charge in [0.2, 0.25) is 0 Å². The van der Waals surface area contributed by atoms with Crippen molar-refractivity contribution in [2.75, 3.05) is 0 Å². The van der Waals surface area contributed by atoms with Gasteiger partial charge in [-0.2, -0.15) is 0 Å². The Balaban J connectivity index is 1.58. The molecule has 1 heterocycles. The second-order valence-electron chi connectivity index (χ2n) is 4.66. The summed E-state index contributed by atoms with van der Waals surface area (Å²) in [5, 5.41) is 0. The van der Waals surface area contributed by atoms with E-state index < -0.39 is 0 Å². The van der Waals surface area contributed by atoms with E-state index in [9.17, 15) is 4.79 Å². The Kier molecular flexibility index (Phi) is 3.19. The zero-order valence-corrected chi connectivity index (χ0v) is 10.6. The van der Waals surface area contributed by atoms with Gasteiger partial charge >= 0.3 is 6.09 Å². The Hall–Kier alpha value is -2.29. The number of rotatable bonds is 2. The van der Waals surface area contributed by atoms with Crippen molar-refractivity contribution >= 4 is 6.09 Å². The number of amides is 1. The molecule has 3 heteroatoms. The number of hydrogen-bond donors (Lipinski definition) is 0. The minimum atomic E-state index is -0.250. The summed E-state index contributed by atoms with van der Waals surface area (Å²) >= 11 is 0. The molecule has 0 aliphatic carbocycles. The standard InChI is InChI=1S/C16H15NO2/c18-16(19-12-13-6-2-1-3-7-13)17-10-14-8-4-5-9-15(14)11-17/h1-9H,10-12H2. The fourth-order valence-electron chi connectivity index (χ4n) is 2.27. The van der Waals surface area contributed by atoms with Crippen molar-refractivity contribution in [1.82, 2.24) is 4.90 Å². The fraction of sp³-hybridized carbons (Fsp3) is 0.188. The van der Waals surface area contributed by atoms with E-state index in [0.29, 0.717) is 19.7 Å². The molecular weight excluding hydrogens is 238 g/mol. The Morgan fingerprint density at radius 1 is 0.947 bits per heavy atom. The quantitative estimate of drug-likeness (QED) is 0.821. The largest absolute Gasteiger partial charge is 0.445 e. The maximum atomic E-state index is 12.0. The first-order valence-corrected chi connectivity index (χ1v) is 6.35. The van der Waals surface area contributed by atoms with Gasteiger partial charge in [-0.25, -0.2) is 4.79 Å². The summed E-state index contributed by atoms with van der Waals surface area (Å²) in [5.74, 6) is 0. The smallest absolute Gasteiger partial charge is 0.410 e. The predicted octanol–water partition coefficient (Wildman–Crippen LogP) is 3.34. The van der Waals surface area contributed by atoms with Crippen molar-refractivity contribution in [3.8, 4) is 0 Å². The van der Waals surface area contributed by atoms with Crippen LogP contribution in [-0.2, 0) is 24.4 Å². The number of fused-ring (bicyclic) bond motifs is 1. The van der Waals surface area contributed by atoms with Gasteiger partial charge in [-0.05, 0) is 16.7 Å². The Labute approximate surface area is 112 Å². The Morgan fingerprint density at radius 2 is 1.53 bits per heavy atom. The van der Waals surface area contributed by atoms with E-state index in [2.05, 4.69) is 12.1 Å². The second kappa shape index (κ2) is 5.14. The summed E-state index contributed by atoms with van der Waals surface area (Å²) < 4.78 is 5.33. The highest BCUT2D eigenvalue weighted by molar-refractivity contribution is 5.68. The van der Waals surface area contributed by atoms with Crippen molar-refractivity contribution in [2.45, 2.75) is 19.7 Å². The van der Waals surface area contributed by atoms with Crippen molar-refractivity contribution in [1.29, 1.82) is 0 Å².